The van der Waals surface area contributed by atoms with E-state index in [0.29, 0.717) is 6.04 Å². The Hall–Kier alpha value is -0.860. The van der Waals surface area contributed by atoms with Crippen LogP contribution in [0.4, 0.5) is 0 Å². The zero-order valence-electron chi connectivity index (χ0n) is 12.1. The zero-order chi connectivity index (χ0) is 13.1. The highest BCUT2D eigenvalue weighted by molar-refractivity contribution is 5.26. The first kappa shape index (κ1) is 13.1. The van der Waals surface area contributed by atoms with E-state index in [-0.39, 0.29) is 0 Å². The Labute approximate surface area is 117 Å². The van der Waals surface area contributed by atoms with Gasteiger partial charge in [0.05, 0.1) is 0 Å². The Balaban J connectivity index is 1.58. The van der Waals surface area contributed by atoms with Gasteiger partial charge in [0.1, 0.15) is 0 Å². The minimum atomic E-state index is 0.717. The highest BCUT2D eigenvalue weighted by Gasteiger charge is 2.18. The summed E-state index contributed by atoms with van der Waals surface area (Å²) in [6.45, 7) is 3.70. The van der Waals surface area contributed by atoms with Crippen molar-refractivity contribution in [2.75, 3.05) is 26.7 Å². The maximum Gasteiger partial charge on any atom is 0.0108 e. The Morgan fingerprint density at radius 1 is 1.11 bits per heavy atom. The van der Waals surface area contributed by atoms with E-state index in [2.05, 4.69) is 41.5 Å². The molecule has 1 aromatic carbocycles. The van der Waals surface area contributed by atoms with Crippen LogP contribution in [0.25, 0.3) is 0 Å². The summed E-state index contributed by atoms with van der Waals surface area (Å²) in [6, 6.07) is 10.2. The fraction of sp³-hybridized carbons (Fsp3) is 0.647. The first-order valence-electron chi connectivity index (χ1n) is 7.82. The molecular weight excluding hydrogens is 232 g/mol. The summed E-state index contributed by atoms with van der Waals surface area (Å²) in [6.07, 6.45) is 6.53. The topological polar surface area (TPSA) is 15.3 Å². The van der Waals surface area contributed by atoms with Gasteiger partial charge in [-0.25, -0.2) is 0 Å². The summed E-state index contributed by atoms with van der Waals surface area (Å²) in [7, 11) is 2.23. The number of hydrogen-bond acceptors (Lipinski definition) is 2. The van der Waals surface area contributed by atoms with Crippen molar-refractivity contribution in [3.63, 3.8) is 0 Å². The average molecular weight is 258 g/mol. The highest BCUT2D eigenvalue weighted by atomic mass is 15.1. The molecule has 0 radical (unpaired) electrons. The predicted molar refractivity (Wildman–Crippen MR) is 80.6 cm³/mol. The molecule has 1 unspecified atom stereocenters. The van der Waals surface area contributed by atoms with Crippen molar-refractivity contribution in [1.82, 2.24) is 10.2 Å². The fourth-order valence-corrected chi connectivity index (χ4v) is 3.48. The normalized spacial score (nSPS) is 25.8. The molecule has 0 bridgehead atoms. The number of nitrogens with zero attached hydrogens (tertiary/aromatic N) is 1. The molecule has 1 aromatic rings. The first-order chi connectivity index (χ1) is 9.31. The molecule has 3 rings (SSSR count). The third kappa shape index (κ3) is 3.37. The standard InChI is InChI=1S/C17H26N2/c1-19-11-8-16(9-12-19)15-6-4-14(5-7-15)13-17-3-2-10-18-17/h4-7,16-18H,2-3,8-13H2,1H3. The number of rotatable bonds is 3. The molecule has 1 N–H and O–H groups in total. The molecule has 2 fully saturated rings. The van der Waals surface area contributed by atoms with Crippen LogP contribution in [0.3, 0.4) is 0 Å². The summed E-state index contributed by atoms with van der Waals surface area (Å²) in [5, 5.41) is 3.58. The van der Waals surface area contributed by atoms with Crippen LogP contribution in [0.2, 0.25) is 0 Å². The van der Waals surface area contributed by atoms with Crippen molar-refractivity contribution in [2.24, 2.45) is 0 Å². The summed E-state index contributed by atoms with van der Waals surface area (Å²) in [5.74, 6) is 0.787. The van der Waals surface area contributed by atoms with E-state index in [1.807, 2.05) is 0 Å². The van der Waals surface area contributed by atoms with Gasteiger partial charge in [0.2, 0.25) is 0 Å². The smallest absolute Gasteiger partial charge is 0.0108 e. The molecule has 2 heteroatoms. The molecule has 0 spiro atoms. The van der Waals surface area contributed by atoms with Crippen molar-refractivity contribution in [2.45, 2.75) is 44.1 Å². The molecule has 0 amide bonds. The number of likely N-dealkylation sites (tertiary alicyclic amines) is 1. The van der Waals surface area contributed by atoms with Crippen LogP contribution in [0.5, 0.6) is 0 Å². The molecule has 0 aromatic heterocycles. The van der Waals surface area contributed by atoms with Crippen LogP contribution in [0, 0.1) is 0 Å². The Morgan fingerprint density at radius 3 is 2.47 bits per heavy atom. The number of piperidine rings is 1. The van der Waals surface area contributed by atoms with Gasteiger partial charge in [0.25, 0.3) is 0 Å². The lowest BCUT2D eigenvalue weighted by molar-refractivity contribution is 0.255. The molecule has 2 heterocycles. The van der Waals surface area contributed by atoms with Crippen molar-refractivity contribution >= 4 is 0 Å². The number of nitrogens with one attached hydrogen (secondary N) is 1. The van der Waals surface area contributed by atoms with E-state index in [9.17, 15) is 0 Å². The summed E-state index contributed by atoms with van der Waals surface area (Å²) in [4.78, 5) is 2.44. The lowest BCUT2D eigenvalue weighted by atomic mass is 9.89. The van der Waals surface area contributed by atoms with Crippen molar-refractivity contribution < 1.29 is 0 Å². The minimum absolute atomic E-state index is 0.717. The van der Waals surface area contributed by atoms with E-state index < -0.39 is 0 Å². The second-order valence-corrected chi connectivity index (χ2v) is 6.32. The van der Waals surface area contributed by atoms with Gasteiger partial charge in [-0.05, 0) is 75.8 Å². The van der Waals surface area contributed by atoms with Gasteiger partial charge in [-0.15, -0.1) is 0 Å². The summed E-state index contributed by atoms with van der Waals surface area (Å²) >= 11 is 0. The zero-order valence-corrected chi connectivity index (χ0v) is 12.1. The van der Waals surface area contributed by atoms with E-state index in [1.165, 1.54) is 57.3 Å². The van der Waals surface area contributed by atoms with Crippen LogP contribution >= 0.6 is 0 Å². The Morgan fingerprint density at radius 2 is 1.84 bits per heavy atom. The predicted octanol–water partition coefficient (Wildman–Crippen LogP) is 2.79. The second-order valence-electron chi connectivity index (χ2n) is 6.32. The lowest BCUT2D eigenvalue weighted by Gasteiger charge is -2.29. The first-order valence-corrected chi connectivity index (χ1v) is 7.82. The van der Waals surface area contributed by atoms with E-state index in [4.69, 9.17) is 0 Å². The third-order valence-electron chi connectivity index (χ3n) is 4.81. The molecule has 1 atom stereocenters. The molecule has 2 aliphatic rings. The van der Waals surface area contributed by atoms with Gasteiger partial charge < -0.3 is 10.2 Å². The molecule has 2 nitrogen and oxygen atoms in total. The monoisotopic (exact) mass is 258 g/mol. The summed E-state index contributed by atoms with van der Waals surface area (Å²) in [5.41, 5.74) is 3.05. The van der Waals surface area contributed by atoms with E-state index >= 15 is 0 Å². The van der Waals surface area contributed by atoms with E-state index in [0.717, 1.165) is 5.92 Å². The molecule has 19 heavy (non-hydrogen) atoms. The van der Waals surface area contributed by atoms with Gasteiger partial charge >= 0.3 is 0 Å². The van der Waals surface area contributed by atoms with Gasteiger partial charge in [0, 0.05) is 6.04 Å². The van der Waals surface area contributed by atoms with Crippen LogP contribution in [-0.2, 0) is 6.42 Å². The molecule has 2 saturated heterocycles. The van der Waals surface area contributed by atoms with Crippen molar-refractivity contribution in [3.8, 4) is 0 Å². The Kier molecular flexibility index (Phi) is 4.19. The third-order valence-corrected chi connectivity index (χ3v) is 4.81. The van der Waals surface area contributed by atoms with E-state index in [1.54, 1.807) is 5.56 Å². The maximum atomic E-state index is 3.58. The summed E-state index contributed by atoms with van der Waals surface area (Å²) < 4.78 is 0. The minimum Gasteiger partial charge on any atom is -0.314 e. The lowest BCUT2D eigenvalue weighted by Crippen LogP contribution is -2.29. The van der Waals surface area contributed by atoms with Crippen LogP contribution < -0.4 is 5.32 Å². The largest absolute Gasteiger partial charge is 0.314 e. The molecule has 2 aliphatic heterocycles. The number of hydrogen-bond donors (Lipinski definition) is 1. The van der Waals surface area contributed by atoms with Crippen molar-refractivity contribution in [1.29, 1.82) is 0 Å². The molecule has 104 valence electrons. The van der Waals surface area contributed by atoms with Gasteiger partial charge in [0.15, 0.2) is 0 Å². The second kappa shape index (κ2) is 6.06. The number of benzene rings is 1. The maximum absolute atomic E-state index is 3.58. The van der Waals surface area contributed by atoms with Crippen LogP contribution in [0.1, 0.15) is 42.7 Å². The molecule has 0 aliphatic carbocycles. The Bertz CT molecular complexity index is 384. The van der Waals surface area contributed by atoms with Crippen LogP contribution in [-0.4, -0.2) is 37.6 Å². The van der Waals surface area contributed by atoms with Crippen molar-refractivity contribution in [3.05, 3.63) is 35.4 Å². The average Bonchev–Trinajstić information content (AvgIpc) is 2.94. The molecular formula is C17H26N2. The fourth-order valence-electron chi connectivity index (χ4n) is 3.48. The quantitative estimate of drug-likeness (QED) is 0.897. The molecule has 0 saturated carbocycles. The van der Waals surface area contributed by atoms with Crippen LogP contribution in [0.15, 0.2) is 24.3 Å². The van der Waals surface area contributed by atoms with Gasteiger partial charge in [-0.1, -0.05) is 24.3 Å². The highest BCUT2D eigenvalue weighted by Crippen LogP contribution is 2.27. The SMILES string of the molecule is CN1CCC(c2ccc(CC3CCCN3)cc2)CC1. The van der Waals surface area contributed by atoms with Gasteiger partial charge in [-0.3, -0.25) is 0 Å². The van der Waals surface area contributed by atoms with Gasteiger partial charge in [-0.2, -0.15) is 0 Å².